The number of ether oxygens (including phenoxy) is 2. The second-order valence-corrected chi connectivity index (χ2v) is 7.61. The van der Waals surface area contributed by atoms with Gasteiger partial charge in [-0.2, -0.15) is 0 Å². The predicted octanol–water partition coefficient (Wildman–Crippen LogP) is 3.81. The maximum atomic E-state index is 6.44. The Balaban J connectivity index is 1.76. The molecule has 0 saturated heterocycles. The van der Waals surface area contributed by atoms with Crippen molar-refractivity contribution in [3.05, 3.63) is 46.7 Å². The van der Waals surface area contributed by atoms with Crippen LogP contribution in [0.15, 0.2) is 35.6 Å². The molecule has 5 atom stereocenters. The van der Waals surface area contributed by atoms with Gasteiger partial charge in [0.15, 0.2) is 40.6 Å². The van der Waals surface area contributed by atoms with Crippen molar-refractivity contribution in [3.63, 3.8) is 0 Å². The number of fused-ring (bicyclic) bond motifs is 1. The van der Waals surface area contributed by atoms with E-state index in [1.165, 1.54) is 17.5 Å². The van der Waals surface area contributed by atoms with Crippen LogP contribution in [0, 0.1) is 11.8 Å². The number of benzene rings is 1. The van der Waals surface area contributed by atoms with Gasteiger partial charge in [0.2, 0.25) is 0 Å². The van der Waals surface area contributed by atoms with Crippen molar-refractivity contribution < 1.29 is 12.5 Å². The molecule has 2 bridgehead atoms. The molecule has 2 fully saturated rings. The summed E-state index contributed by atoms with van der Waals surface area (Å²) in [5, 5.41) is 0. The molecule has 1 aromatic rings. The Morgan fingerprint density at radius 2 is 2.18 bits per heavy atom. The molecule has 1 aliphatic heterocycles. The summed E-state index contributed by atoms with van der Waals surface area (Å²) in [6, 6.07) is 4.36. The fourth-order valence-corrected chi connectivity index (χ4v) is 6.56. The molecule has 2 saturated carbocycles. The maximum Gasteiger partial charge on any atom is 0.192 e. The molecule has 0 N–H and O–H groups in total. The number of rotatable bonds is 2. The van der Waals surface area contributed by atoms with Gasteiger partial charge in [0, 0.05) is 11.0 Å². The van der Waals surface area contributed by atoms with E-state index in [9.17, 15) is 0 Å². The van der Waals surface area contributed by atoms with E-state index in [4.69, 9.17) is 12.5 Å². The second-order valence-electron chi connectivity index (χ2n) is 7.17. The molecule has 3 nitrogen and oxygen atoms in total. The first kappa shape index (κ1) is 12.3. The van der Waals surface area contributed by atoms with Crippen LogP contribution in [-0.4, -0.2) is 13.2 Å². The summed E-state index contributed by atoms with van der Waals surface area (Å²) in [5.74, 6) is 4.00. The van der Waals surface area contributed by atoms with Crippen LogP contribution in [0.25, 0.3) is 0 Å². The van der Waals surface area contributed by atoms with Crippen LogP contribution < -0.4 is 7.80 Å². The van der Waals surface area contributed by atoms with Gasteiger partial charge in [-0.3, -0.25) is 0 Å². The van der Waals surface area contributed by atoms with Gasteiger partial charge in [-0.25, -0.2) is 0 Å². The number of halogens is 1. The zero-order valence-electron chi connectivity index (χ0n) is 12.4. The summed E-state index contributed by atoms with van der Waals surface area (Å²) >= 11 is 1.95. The van der Waals surface area contributed by atoms with Crippen molar-refractivity contribution in [1.29, 1.82) is 0 Å². The molecule has 5 aliphatic rings. The summed E-state index contributed by atoms with van der Waals surface area (Å²) in [5.41, 5.74) is 4.80. The van der Waals surface area contributed by atoms with Crippen molar-refractivity contribution in [1.82, 2.24) is 0 Å². The molecule has 22 heavy (non-hydrogen) atoms. The molecule has 3 unspecified atom stereocenters. The lowest BCUT2D eigenvalue weighted by Gasteiger charge is -2.38. The lowest BCUT2D eigenvalue weighted by atomic mass is 9.65. The third-order valence-electron chi connectivity index (χ3n) is 7.00. The normalized spacial score (nSPS) is 43.9. The van der Waals surface area contributed by atoms with Crippen molar-refractivity contribution in [2.75, 3.05) is 7.11 Å². The highest BCUT2D eigenvalue weighted by atomic mass is 127. The molecule has 1 heterocycles. The van der Waals surface area contributed by atoms with Gasteiger partial charge in [-0.1, -0.05) is 24.6 Å². The summed E-state index contributed by atoms with van der Waals surface area (Å²) in [4.78, 5) is 0. The van der Waals surface area contributed by atoms with E-state index in [2.05, 4.69) is 31.2 Å². The molecule has 1 aromatic carbocycles. The Hall–Kier alpha value is -1.17. The molecular weight excluding hydrogens is 391 g/mol. The van der Waals surface area contributed by atoms with Gasteiger partial charge in [0.25, 0.3) is 0 Å². The van der Waals surface area contributed by atoms with E-state index >= 15 is 0 Å². The predicted molar refractivity (Wildman–Crippen MR) is 89.3 cm³/mol. The quantitative estimate of drug-likeness (QED) is 0.700. The monoisotopic (exact) mass is 406 g/mol. The highest BCUT2D eigenvalue weighted by Gasteiger charge is 2.83. The van der Waals surface area contributed by atoms with E-state index in [1.807, 2.05) is 23.0 Å². The van der Waals surface area contributed by atoms with Gasteiger partial charge < -0.3 is 12.5 Å². The second kappa shape index (κ2) is 3.35. The maximum absolute atomic E-state index is 6.44. The van der Waals surface area contributed by atoms with E-state index in [0.717, 1.165) is 17.3 Å². The number of methoxy groups -OCH3 is 1. The first-order valence-electron chi connectivity index (χ1n) is 7.80. The summed E-state index contributed by atoms with van der Waals surface area (Å²) < 4.78 is 17.7. The van der Waals surface area contributed by atoms with Gasteiger partial charge in [0.05, 0.1) is 12.5 Å². The lowest BCUT2D eigenvalue weighted by Crippen LogP contribution is -2.45. The minimum Gasteiger partial charge on any atom is -0.497 e. The van der Waals surface area contributed by atoms with E-state index < -0.39 is 0 Å². The van der Waals surface area contributed by atoms with Crippen LogP contribution in [0.3, 0.4) is 0 Å². The van der Waals surface area contributed by atoms with Crippen LogP contribution in [0.4, 0.5) is 0 Å². The summed E-state index contributed by atoms with van der Waals surface area (Å²) in [6.07, 6.45) is 5.69. The number of allylic oxidation sites excluding steroid dienone is 2. The third-order valence-corrected chi connectivity index (χ3v) is 7.48. The Bertz CT molecular complexity index is 826. The van der Waals surface area contributed by atoms with Gasteiger partial charge in [0.1, 0.15) is 5.76 Å². The fraction of sp³-hybridized carbons (Fsp3) is 0.444. The zero-order chi connectivity index (χ0) is 14.9. The van der Waals surface area contributed by atoms with Gasteiger partial charge >= 0.3 is 0 Å². The topological polar surface area (TPSA) is 27.7 Å². The summed E-state index contributed by atoms with van der Waals surface area (Å²) in [6.45, 7) is 2.41. The highest BCUT2D eigenvalue weighted by Crippen LogP contribution is 2.85. The molecule has 6 rings (SSSR count). The van der Waals surface area contributed by atoms with Crippen molar-refractivity contribution >= 4 is 23.0 Å². The largest absolute Gasteiger partial charge is 0.497 e. The van der Waals surface area contributed by atoms with Crippen LogP contribution in [-0.2, 0) is 15.6 Å². The molecule has 0 amide bonds. The highest BCUT2D eigenvalue weighted by molar-refractivity contribution is 14.1. The van der Waals surface area contributed by atoms with Gasteiger partial charge in [-0.15, -0.1) is 0 Å². The van der Waals surface area contributed by atoms with Crippen molar-refractivity contribution in [3.8, 4) is 11.5 Å². The molecule has 4 heteroatoms. The average Bonchev–Trinajstić information content (AvgIpc) is 3.09. The van der Waals surface area contributed by atoms with Crippen molar-refractivity contribution in [2.24, 2.45) is 11.8 Å². The lowest BCUT2D eigenvalue weighted by molar-refractivity contribution is 0.0980. The number of hydrogen-bond donors (Lipinski definition) is 0. The fourth-order valence-electron chi connectivity index (χ4n) is 6.21. The smallest absolute Gasteiger partial charge is 0.192 e. The first-order valence-corrected chi connectivity index (χ1v) is 8.68. The zero-order valence-corrected chi connectivity index (χ0v) is 14.5. The number of hydrogen-bond acceptors (Lipinski definition) is 3. The van der Waals surface area contributed by atoms with Crippen LogP contribution in [0.2, 0.25) is 0 Å². The minimum atomic E-state index is -0.0267. The average molecular weight is 406 g/mol. The van der Waals surface area contributed by atoms with Gasteiger partial charge in [-0.05, 0) is 36.0 Å². The Kier molecular flexibility index (Phi) is 1.87. The standard InChI is InChI=1S/C18H15IO3/c1-8-17-7-11(17)9-3-6-13(20-2)16-18(8,9)14-10(17)4-5-12(22-19)15(14)21-16/h3-6,8,11,16H,7H2,1-2H3/t8-,11-,16?,17?,18?/m0/s1. The molecular formula is C18H15IO3. The molecule has 0 radical (unpaired) electrons. The minimum absolute atomic E-state index is 0.0150. The van der Waals surface area contributed by atoms with E-state index in [-0.39, 0.29) is 11.5 Å². The Morgan fingerprint density at radius 1 is 1.32 bits per heavy atom. The van der Waals surface area contributed by atoms with Crippen LogP contribution in [0.1, 0.15) is 24.5 Å². The van der Waals surface area contributed by atoms with E-state index in [0.29, 0.717) is 17.3 Å². The molecule has 2 spiro atoms. The SMILES string of the molecule is COC1=CC=C2[C@@H]3CC34c3ccc(OI)c5c3C2(C1O5)[C@H]4C. The van der Waals surface area contributed by atoms with Crippen LogP contribution in [0.5, 0.6) is 11.5 Å². The molecule has 112 valence electrons. The van der Waals surface area contributed by atoms with Crippen molar-refractivity contribution in [2.45, 2.75) is 30.3 Å². The Morgan fingerprint density at radius 3 is 2.95 bits per heavy atom. The Labute approximate surface area is 143 Å². The first-order chi connectivity index (χ1) is 10.7. The summed E-state index contributed by atoms with van der Waals surface area (Å²) in [7, 11) is 1.75. The molecule has 4 aliphatic carbocycles. The van der Waals surface area contributed by atoms with E-state index in [1.54, 1.807) is 12.7 Å². The third kappa shape index (κ3) is 0.894. The van der Waals surface area contributed by atoms with Crippen LogP contribution >= 0.6 is 23.0 Å². The molecule has 0 aromatic heterocycles.